The molecule has 0 aromatic heterocycles. The molecule has 0 saturated heterocycles. The summed E-state index contributed by atoms with van der Waals surface area (Å²) in [6.07, 6.45) is -0.859. The topological polar surface area (TPSA) is 159 Å². The highest BCUT2D eigenvalue weighted by Crippen LogP contribution is 2.38. The molecule has 0 heterocycles. The molecule has 0 radical (unpaired) electrons. The van der Waals surface area contributed by atoms with Gasteiger partial charge in [-0.15, -0.1) is 0 Å². The average Bonchev–Trinajstić information content (AvgIpc) is 3.20. The van der Waals surface area contributed by atoms with Crippen LogP contribution in [-0.4, -0.2) is 57.2 Å². The lowest BCUT2D eigenvalue weighted by molar-refractivity contribution is 0.0512. The van der Waals surface area contributed by atoms with Crippen molar-refractivity contribution in [1.29, 1.82) is 5.26 Å². The first-order chi connectivity index (χ1) is 30.6. The molecule has 0 bridgehead atoms. The van der Waals surface area contributed by atoms with Crippen LogP contribution in [0.5, 0.6) is 0 Å². The summed E-state index contributed by atoms with van der Waals surface area (Å²) in [7, 11) is -4.97. The van der Waals surface area contributed by atoms with Gasteiger partial charge in [0.15, 0.2) is 16.6 Å². The number of amides is 2. The third-order valence-corrected chi connectivity index (χ3v) is 21.0. The SMILES string of the molecule is CC(C)(C)OC(=O)NCc1ccc(C#N)c(Br)c1.CC(C)(C)[Si](C)(C)OCc1cccc(B(O)O)c1.Cc1ccc(CNC(=O)OC(C)(C)C)cc1-c1cccc(CO[Si](C)(C)C(C)(C)C)c1. The van der Waals surface area contributed by atoms with E-state index in [4.69, 9.17) is 33.6 Å². The lowest BCUT2D eigenvalue weighted by Crippen LogP contribution is -2.40. The zero-order valence-electron chi connectivity index (χ0n) is 43.2. The number of aryl methyl sites for hydroxylation is 1. The molecule has 0 aliphatic carbocycles. The molecule has 0 aliphatic rings. The predicted octanol–water partition coefficient (Wildman–Crippen LogP) is 12.4. The van der Waals surface area contributed by atoms with Gasteiger partial charge in [-0.1, -0.05) is 102 Å². The average molecular weight is 1020 g/mol. The van der Waals surface area contributed by atoms with Crippen molar-refractivity contribution in [1.82, 2.24) is 10.6 Å². The first-order valence-electron chi connectivity index (χ1n) is 22.7. The molecule has 0 fully saturated rings. The molecule has 0 saturated carbocycles. The van der Waals surface area contributed by atoms with Crippen LogP contribution in [-0.2, 0) is 44.6 Å². The van der Waals surface area contributed by atoms with Gasteiger partial charge in [0, 0.05) is 17.6 Å². The van der Waals surface area contributed by atoms with Crippen LogP contribution in [0.1, 0.15) is 116 Å². The van der Waals surface area contributed by atoms with Crippen molar-refractivity contribution in [2.75, 3.05) is 0 Å². The van der Waals surface area contributed by atoms with Crippen molar-refractivity contribution in [2.45, 2.75) is 164 Å². The van der Waals surface area contributed by atoms with Crippen molar-refractivity contribution >= 4 is 57.3 Å². The van der Waals surface area contributed by atoms with Crippen LogP contribution in [0.15, 0.2) is 89.4 Å². The Bertz CT molecular complexity index is 2290. The number of nitriles is 1. The third kappa shape index (κ3) is 21.3. The third-order valence-electron chi connectivity index (χ3n) is 11.4. The molecule has 0 unspecified atom stereocenters. The van der Waals surface area contributed by atoms with Gasteiger partial charge >= 0.3 is 19.3 Å². The van der Waals surface area contributed by atoms with Gasteiger partial charge in [-0.2, -0.15) is 5.26 Å². The van der Waals surface area contributed by atoms with Gasteiger partial charge in [-0.25, -0.2) is 9.59 Å². The number of carbonyl (C=O) groups excluding carboxylic acids is 2. The molecule has 4 N–H and O–H groups in total. The summed E-state index contributed by atoms with van der Waals surface area (Å²) in [6.45, 7) is 37.4. The highest BCUT2D eigenvalue weighted by atomic mass is 79.9. The number of nitrogens with zero attached hydrogens (tertiary/aromatic N) is 1. The number of halogens is 1. The van der Waals surface area contributed by atoms with Gasteiger partial charge in [-0.3, -0.25) is 0 Å². The lowest BCUT2D eigenvalue weighted by atomic mass is 9.80. The van der Waals surface area contributed by atoms with E-state index >= 15 is 0 Å². The van der Waals surface area contributed by atoms with Gasteiger partial charge in [0.25, 0.3) is 0 Å². The fraction of sp³-hybridized carbons (Fsp3) is 0.481. The van der Waals surface area contributed by atoms with E-state index in [0.717, 1.165) is 27.8 Å². The lowest BCUT2D eigenvalue weighted by Gasteiger charge is -2.36. The second-order valence-electron chi connectivity index (χ2n) is 21.7. The number of hydrogen-bond donors (Lipinski definition) is 4. The van der Waals surface area contributed by atoms with Crippen molar-refractivity contribution in [2.24, 2.45) is 0 Å². The van der Waals surface area contributed by atoms with Gasteiger partial charge in [-0.05, 0) is 169 Å². The summed E-state index contributed by atoms with van der Waals surface area (Å²) in [6, 6.07) is 29.4. The second kappa shape index (κ2) is 24.8. The summed E-state index contributed by atoms with van der Waals surface area (Å²) < 4.78 is 23.7. The van der Waals surface area contributed by atoms with Crippen LogP contribution >= 0.6 is 15.9 Å². The molecule has 15 heteroatoms. The monoisotopic (exact) mass is 1020 g/mol. The van der Waals surface area contributed by atoms with E-state index in [1.807, 2.05) is 59.7 Å². The highest BCUT2D eigenvalue weighted by molar-refractivity contribution is 9.10. The van der Waals surface area contributed by atoms with E-state index in [9.17, 15) is 9.59 Å². The van der Waals surface area contributed by atoms with Crippen LogP contribution in [0.3, 0.4) is 0 Å². The maximum atomic E-state index is 12.0. The van der Waals surface area contributed by atoms with Crippen molar-refractivity contribution in [3.8, 4) is 17.2 Å². The number of rotatable bonds is 12. The number of carbonyl (C=O) groups is 2. The quantitative estimate of drug-likeness (QED) is 0.101. The molecular weight excluding hydrogens is 941 g/mol. The van der Waals surface area contributed by atoms with E-state index in [1.165, 1.54) is 11.1 Å². The molecule has 2 amide bonds. The molecule has 67 heavy (non-hydrogen) atoms. The summed E-state index contributed by atoms with van der Waals surface area (Å²) in [5.41, 5.74) is 7.67. The number of benzene rings is 4. The number of hydrogen-bond acceptors (Lipinski definition) is 9. The van der Waals surface area contributed by atoms with Crippen LogP contribution in [0.2, 0.25) is 36.3 Å². The fourth-order valence-electron chi connectivity index (χ4n) is 5.46. The minimum Gasteiger partial charge on any atom is -0.444 e. The maximum Gasteiger partial charge on any atom is 0.488 e. The first kappa shape index (κ1) is 58.9. The summed E-state index contributed by atoms with van der Waals surface area (Å²) in [5, 5.41) is 32.9. The Balaban J connectivity index is 0.000000368. The number of alkyl carbamates (subject to hydrolysis) is 2. The standard InChI is InChI=1S/C26H39NO3Si.C13H23BO3Si.C13H15BrN2O2/c1-19-13-14-20(17-27-24(28)30-25(2,3)4)16-23(19)22-12-10-11-21(15-22)18-29-31(8,9)26(5,6)7;1-13(2,3)18(4,5)17-10-11-7-6-8-12(9-11)14(15)16;1-13(2,3)18-12(17)16-8-9-4-5-10(7-15)11(14)6-9/h10-16H,17-18H2,1-9H3,(H,27,28);6-9,15-16H,10H2,1-5H3;4-6H,8H2,1-3H3,(H,16,17). The second-order valence-corrected chi connectivity index (χ2v) is 32.2. The van der Waals surface area contributed by atoms with Crippen LogP contribution < -0.4 is 16.1 Å². The Morgan fingerprint density at radius 3 is 1.52 bits per heavy atom. The van der Waals surface area contributed by atoms with E-state index in [2.05, 4.69) is 144 Å². The minimum atomic E-state index is -1.80. The van der Waals surface area contributed by atoms with Crippen LogP contribution in [0.25, 0.3) is 11.1 Å². The molecule has 0 aliphatic heterocycles. The van der Waals surface area contributed by atoms with Gasteiger partial charge in [0.1, 0.15) is 17.3 Å². The Kier molecular flexibility index (Phi) is 21.8. The maximum absolute atomic E-state index is 12.0. The molecule has 11 nitrogen and oxygen atoms in total. The van der Waals surface area contributed by atoms with Crippen LogP contribution in [0.4, 0.5) is 9.59 Å². The Morgan fingerprint density at radius 2 is 1.09 bits per heavy atom. The van der Waals surface area contributed by atoms with Gasteiger partial charge in [0.2, 0.25) is 0 Å². The number of ether oxygens (including phenoxy) is 2. The van der Waals surface area contributed by atoms with Gasteiger partial charge < -0.3 is 39.0 Å². The van der Waals surface area contributed by atoms with E-state index in [1.54, 1.807) is 30.3 Å². The smallest absolute Gasteiger partial charge is 0.444 e. The molecule has 4 rings (SSSR count). The van der Waals surface area contributed by atoms with E-state index < -0.39 is 47.1 Å². The molecular formula is C52H77BBrN3O8Si2. The van der Waals surface area contributed by atoms with E-state index in [-0.39, 0.29) is 10.1 Å². The van der Waals surface area contributed by atoms with Crippen molar-refractivity contribution < 1.29 is 38.0 Å². The summed E-state index contributed by atoms with van der Waals surface area (Å²) >= 11 is 3.30. The van der Waals surface area contributed by atoms with Crippen molar-refractivity contribution in [3.05, 3.63) is 123 Å². The minimum absolute atomic E-state index is 0.182. The molecule has 0 spiro atoms. The fourth-order valence-corrected chi connectivity index (χ4v) is 7.89. The predicted molar refractivity (Wildman–Crippen MR) is 282 cm³/mol. The van der Waals surface area contributed by atoms with Gasteiger partial charge in [0.05, 0.1) is 18.8 Å². The van der Waals surface area contributed by atoms with Crippen molar-refractivity contribution in [3.63, 3.8) is 0 Å². The zero-order valence-corrected chi connectivity index (χ0v) is 46.7. The Labute approximate surface area is 412 Å². The molecule has 4 aromatic rings. The zero-order chi connectivity index (χ0) is 51.2. The summed E-state index contributed by atoms with van der Waals surface area (Å²) in [5.74, 6) is 0. The molecule has 366 valence electrons. The highest BCUT2D eigenvalue weighted by Gasteiger charge is 2.38. The molecule has 4 aromatic carbocycles. The number of nitrogens with one attached hydrogen (secondary N) is 2. The Morgan fingerprint density at radius 1 is 0.642 bits per heavy atom. The van der Waals surface area contributed by atoms with E-state index in [0.29, 0.717) is 41.8 Å². The molecule has 0 atom stereocenters. The van der Waals surface area contributed by atoms with Crippen LogP contribution in [0, 0.1) is 18.3 Å². The largest absolute Gasteiger partial charge is 0.488 e. The summed E-state index contributed by atoms with van der Waals surface area (Å²) in [4.78, 5) is 23.4. The normalized spacial score (nSPS) is 12.0. The Hall–Kier alpha value is -4.27. The first-order valence-corrected chi connectivity index (χ1v) is 29.3.